The number of rotatable bonds is 3. The summed E-state index contributed by atoms with van der Waals surface area (Å²) in [5.74, 6) is 0.921. The Morgan fingerprint density at radius 1 is 1.19 bits per heavy atom. The Bertz CT molecular complexity index is 1030. The molecule has 1 aromatic heterocycles. The predicted octanol–water partition coefficient (Wildman–Crippen LogP) is 4.33. The van der Waals surface area contributed by atoms with Crippen molar-refractivity contribution in [3.05, 3.63) is 58.3 Å². The van der Waals surface area contributed by atoms with E-state index in [0.717, 1.165) is 31.4 Å². The van der Waals surface area contributed by atoms with Crippen LogP contribution >= 0.6 is 0 Å². The Morgan fingerprint density at radius 3 is 2.67 bits per heavy atom. The Morgan fingerprint density at radius 2 is 1.96 bits per heavy atom. The summed E-state index contributed by atoms with van der Waals surface area (Å²) >= 11 is 0. The lowest BCUT2D eigenvalue weighted by Crippen LogP contribution is -2.30. The van der Waals surface area contributed by atoms with E-state index in [-0.39, 0.29) is 17.2 Å². The van der Waals surface area contributed by atoms with Gasteiger partial charge in [-0.2, -0.15) is 0 Å². The molecule has 140 valence electrons. The van der Waals surface area contributed by atoms with E-state index in [1.54, 1.807) is 0 Å². The Labute approximate surface area is 157 Å². The fourth-order valence-electron chi connectivity index (χ4n) is 3.97. The van der Waals surface area contributed by atoms with E-state index < -0.39 is 0 Å². The molecule has 1 aliphatic rings. The molecule has 2 aromatic carbocycles. The number of methoxy groups -OCH3 is 1. The van der Waals surface area contributed by atoms with Crippen LogP contribution in [0.5, 0.6) is 11.5 Å². The summed E-state index contributed by atoms with van der Waals surface area (Å²) in [6.45, 7) is 0.945. The lowest BCUT2D eigenvalue weighted by atomic mass is 9.93. The van der Waals surface area contributed by atoms with Gasteiger partial charge in [0.1, 0.15) is 22.6 Å². The molecule has 0 aliphatic carbocycles. The largest absolute Gasteiger partial charge is 0.507 e. The first-order valence-corrected chi connectivity index (χ1v) is 9.23. The molecular weight excluding hydrogens is 342 g/mol. The molecule has 0 bridgehead atoms. The first kappa shape index (κ1) is 17.6. The van der Waals surface area contributed by atoms with Gasteiger partial charge in [0.15, 0.2) is 11.0 Å². The minimum atomic E-state index is -0.174. The number of phenols is 1. The number of likely N-dealkylation sites (tertiary alicyclic amines) is 1. The van der Waals surface area contributed by atoms with Crippen molar-refractivity contribution in [1.29, 1.82) is 0 Å². The lowest BCUT2D eigenvalue weighted by molar-refractivity contribution is 0.184. The first-order valence-electron chi connectivity index (χ1n) is 9.23. The van der Waals surface area contributed by atoms with Crippen molar-refractivity contribution in [2.45, 2.75) is 25.3 Å². The Kier molecular flexibility index (Phi) is 4.62. The molecule has 1 atom stereocenters. The van der Waals surface area contributed by atoms with Gasteiger partial charge in [0.05, 0.1) is 12.7 Å². The maximum atomic E-state index is 12.9. The normalized spacial score (nSPS) is 17.9. The number of piperidine rings is 1. The molecule has 0 saturated carbocycles. The van der Waals surface area contributed by atoms with Gasteiger partial charge in [0, 0.05) is 23.7 Å². The van der Waals surface area contributed by atoms with Gasteiger partial charge in [-0.3, -0.25) is 9.69 Å². The quantitative estimate of drug-likeness (QED) is 0.748. The monoisotopic (exact) mass is 365 g/mol. The van der Waals surface area contributed by atoms with Gasteiger partial charge in [0.2, 0.25) is 0 Å². The van der Waals surface area contributed by atoms with E-state index in [4.69, 9.17) is 9.15 Å². The molecule has 3 aromatic rings. The molecule has 0 radical (unpaired) electrons. The van der Waals surface area contributed by atoms with E-state index in [1.165, 1.54) is 19.2 Å². The van der Waals surface area contributed by atoms with Gasteiger partial charge in [0.25, 0.3) is 0 Å². The van der Waals surface area contributed by atoms with E-state index in [9.17, 15) is 9.90 Å². The number of aromatic hydroxyl groups is 1. The van der Waals surface area contributed by atoms with Crippen LogP contribution in [0.25, 0.3) is 22.3 Å². The van der Waals surface area contributed by atoms with Crippen molar-refractivity contribution < 1.29 is 14.3 Å². The van der Waals surface area contributed by atoms with Gasteiger partial charge in [-0.25, -0.2) is 0 Å². The molecule has 5 heteroatoms. The van der Waals surface area contributed by atoms with Crippen LogP contribution in [-0.4, -0.2) is 30.7 Å². The van der Waals surface area contributed by atoms with Gasteiger partial charge >= 0.3 is 0 Å². The first-order chi connectivity index (χ1) is 13.1. The number of fused-ring (bicyclic) bond motifs is 1. The average molecular weight is 365 g/mol. The maximum Gasteiger partial charge on any atom is 0.197 e. The minimum Gasteiger partial charge on any atom is -0.507 e. The number of benzene rings is 2. The molecule has 0 amide bonds. The van der Waals surface area contributed by atoms with Gasteiger partial charge in [-0.15, -0.1) is 0 Å². The summed E-state index contributed by atoms with van der Waals surface area (Å²) < 4.78 is 11.6. The highest BCUT2D eigenvalue weighted by Crippen LogP contribution is 2.43. The fraction of sp³-hybridized carbons (Fsp3) is 0.318. The topological polar surface area (TPSA) is 62.9 Å². The van der Waals surface area contributed by atoms with E-state index in [0.29, 0.717) is 28.0 Å². The second-order valence-electron chi connectivity index (χ2n) is 7.05. The van der Waals surface area contributed by atoms with Crippen molar-refractivity contribution in [1.82, 2.24) is 4.90 Å². The number of ether oxygens (including phenoxy) is 1. The third-order valence-electron chi connectivity index (χ3n) is 5.36. The second kappa shape index (κ2) is 7.08. The van der Waals surface area contributed by atoms with E-state index in [2.05, 4.69) is 4.90 Å². The third-order valence-corrected chi connectivity index (χ3v) is 5.36. The zero-order valence-electron chi connectivity index (χ0n) is 15.6. The van der Waals surface area contributed by atoms with Crippen LogP contribution in [0.1, 0.15) is 30.9 Å². The van der Waals surface area contributed by atoms with E-state index >= 15 is 0 Å². The molecule has 0 spiro atoms. The molecular formula is C22H23NO4. The molecule has 5 nitrogen and oxygen atoms in total. The van der Waals surface area contributed by atoms with Crippen LogP contribution in [0.4, 0.5) is 0 Å². The van der Waals surface area contributed by atoms with Crippen LogP contribution < -0.4 is 10.2 Å². The summed E-state index contributed by atoms with van der Waals surface area (Å²) in [6, 6.07) is 12.5. The number of hydrogen-bond acceptors (Lipinski definition) is 5. The van der Waals surface area contributed by atoms with Crippen molar-refractivity contribution in [2.75, 3.05) is 20.7 Å². The Hall–Kier alpha value is -2.79. The van der Waals surface area contributed by atoms with Crippen LogP contribution in [-0.2, 0) is 0 Å². The standard InChI is InChI=1S/C22H23NO4/c1-23-11-7-6-10-15(23)20-16(24)13-19(26-2)21-17(25)12-18(27-22(20)21)14-8-4-3-5-9-14/h3-5,8-9,12-13,15,24H,6-7,10-11H2,1-2H3/t15-/m1/s1. The molecule has 27 heavy (non-hydrogen) atoms. The van der Waals surface area contributed by atoms with Crippen molar-refractivity contribution in [3.8, 4) is 22.8 Å². The highest BCUT2D eigenvalue weighted by molar-refractivity contribution is 5.90. The summed E-state index contributed by atoms with van der Waals surface area (Å²) in [4.78, 5) is 15.2. The highest BCUT2D eigenvalue weighted by atomic mass is 16.5. The van der Waals surface area contributed by atoms with Crippen molar-refractivity contribution >= 4 is 11.0 Å². The van der Waals surface area contributed by atoms with Gasteiger partial charge in [-0.1, -0.05) is 36.8 Å². The molecule has 2 heterocycles. The Balaban J connectivity index is 2.03. The number of phenolic OH excluding ortho intramolecular Hbond substituents is 1. The molecule has 1 fully saturated rings. The lowest BCUT2D eigenvalue weighted by Gasteiger charge is -2.33. The van der Waals surface area contributed by atoms with Crippen LogP contribution in [0.2, 0.25) is 0 Å². The zero-order chi connectivity index (χ0) is 19.0. The summed E-state index contributed by atoms with van der Waals surface area (Å²) in [6.07, 6.45) is 3.11. The average Bonchev–Trinajstić information content (AvgIpc) is 2.68. The molecule has 1 saturated heterocycles. The van der Waals surface area contributed by atoms with E-state index in [1.807, 2.05) is 37.4 Å². The third kappa shape index (κ3) is 3.08. The highest BCUT2D eigenvalue weighted by Gasteiger charge is 2.29. The fourth-order valence-corrected chi connectivity index (χ4v) is 3.97. The van der Waals surface area contributed by atoms with Crippen LogP contribution in [0.3, 0.4) is 0 Å². The summed E-state index contributed by atoms with van der Waals surface area (Å²) in [5, 5.41) is 11.2. The molecule has 0 unspecified atom stereocenters. The molecule has 1 aliphatic heterocycles. The van der Waals surface area contributed by atoms with Gasteiger partial charge < -0.3 is 14.3 Å². The molecule has 1 N–H and O–H groups in total. The SMILES string of the molecule is COc1cc(O)c([C@H]2CCCCN2C)c2oc(-c3ccccc3)cc(=O)c12. The van der Waals surface area contributed by atoms with Crippen LogP contribution in [0, 0.1) is 0 Å². The maximum absolute atomic E-state index is 12.9. The second-order valence-corrected chi connectivity index (χ2v) is 7.05. The number of hydrogen-bond donors (Lipinski definition) is 1. The predicted molar refractivity (Wildman–Crippen MR) is 105 cm³/mol. The summed E-state index contributed by atoms with van der Waals surface area (Å²) in [7, 11) is 3.53. The van der Waals surface area contributed by atoms with Gasteiger partial charge in [-0.05, 0) is 26.4 Å². The van der Waals surface area contributed by atoms with Crippen LogP contribution in [0.15, 0.2) is 51.7 Å². The molecule has 4 rings (SSSR count). The smallest absolute Gasteiger partial charge is 0.197 e. The van der Waals surface area contributed by atoms with Crippen molar-refractivity contribution in [3.63, 3.8) is 0 Å². The number of nitrogens with zero attached hydrogens (tertiary/aromatic N) is 1. The zero-order valence-corrected chi connectivity index (χ0v) is 15.6. The summed E-state index contributed by atoms with van der Waals surface area (Å²) in [5.41, 5.74) is 1.73. The minimum absolute atomic E-state index is 0.00123. The van der Waals surface area contributed by atoms with Crippen molar-refractivity contribution in [2.24, 2.45) is 0 Å².